The van der Waals surface area contributed by atoms with Gasteiger partial charge in [0.15, 0.2) is 0 Å². The molecule has 0 unspecified atom stereocenters. The molecule has 0 aliphatic carbocycles. The first-order chi connectivity index (χ1) is 4.33. The molecule has 0 aromatic heterocycles. The van der Waals surface area contributed by atoms with Gasteiger partial charge in [0.1, 0.15) is 12.5 Å². The van der Waals surface area contributed by atoms with Gasteiger partial charge in [-0.05, 0) is 0 Å². The van der Waals surface area contributed by atoms with E-state index >= 15 is 0 Å². The molecule has 52 valence electrons. The second kappa shape index (κ2) is 2.29. The minimum absolute atomic E-state index is 0.333. The maximum Gasteiger partial charge on any atom is 0.249 e. The van der Waals surface area contributed by atoms with Crippen LogP contribution in [0.1, 0.15) is 26.7 Å². The molecule has 0 spiro atoms. The van der Waals surface area contributed by atoms with E-state index in [0.717, 1.165) is 12.8 Å². The van der Waals surface area contributed by atoms with Gasteiger partial charge >= 0.3 is 0 Å². The molecule has 0 amide bonds. The van der Waals surface area contributed by atoms with Crippen molar-refractivity contribution in [2.24, 2.45) is 0 Å². The zero-order valence-electron chi connectivity index (χ0n) is 5.89. The molecule has 0 aromatic carbocycles. The highest BCUT2D eigenvalue weighted by molar-refractivity contribution is 4.81. The SMILES string of the molecule is CCC1(CC)OC=CO1. The van der Waals surface area contributed by atoms with Gasteiger partial charge in [-0.1, -0.05) is 13.8 Å². The van der Waals surface area contributed by atoms with E-state index in [0.29, 0.717) is 0 Å². The molecule has 1 heterocycles. The lowest BCUT2D eigenvalue weighted by molar-refractivity contribution is -0.145. The van der Waals surface area contributed by atoms with Crippen molar-refractivity contribution in [3.63, 3.8) is 0 Å². The molecule has 2 nitrogen and oxygen atoms in total. The van der Waals surface area contributed by atoms with Gasteiger partial charge in [0.2, 0.25) is 5.79 Å². The third-order valence-corrected chi connectivity index (χ3v) is 1.70. The quantitative estimate of drug-likeness (QED) is 0.566. The zero-order valence-corrected chi connectivity index (χ0v) is 5.89. The number of ether oxygens (including phenoxy) is 2. The molecule has 1 aliphatic rings. The Balaban J connectivity index is 2.50. The van der Waals surface area contributed by atoms with Gasteiger partial charge in [-0.25, -0.2) is 0 Å². The highest BCUT2D eigenvalue weighted by Crippen LogP contribution is 2.26. The molecule has 0 N–H and O–H groups in total. The van der Waals surface area contributed by atoms with Gasteiger partial charge in [-0.3, -0.25) is 0 Å². The van der Waals surface area contributed by atoms with Crippen molar-refractivity contribution in [1.82, 2.24) is 0 Å². The zero-order chi connectivity index (χ0) is 6.74. The van der Waals surface area contributed by atoms with Gasteiger partial charge in [0.05, 0.1) is 0 Å². The fourth-order valence-corrected chi connectivity index (χ4v) is 0.915. The third-order valence-electron chi connectivity index (χ3n) is 1.70. The fraction of sp³-hybridized carbons (Fsp3) is 0.714. The molecule has 2 heteroatoms. The highest BCUT2D eigenvalue weighted by atomic mass is 16.7. The Morgan fingerprint density at radius 3 is 1.78 bits per heavy atom. The molecule has 0 fully saturated rings. The van der Waals surface area contributed by atoms with Crippen molar-refractivity contribution in [2.75, 3.05) is 0 Å². The van der Waals surface area contributed by atoms with Crippen molar-refractivity contribution >= 4 is 0 Å². The summed E-state index contributed by atoms with van der Waals surface area (Å²) in [5.41, 5.74) is 0. The third kappa shape index (κ3) is 1.02. The van der Waals surface area contributed by atoms with Crippen LogP contribution < -0.4 is 0 Å². The normalized spacial score (nSPS) is 21.1. The van der Waals surface area contributed by atoms with Gasteiger partial charge in [-0.15, -0.1) is 0 Å². The van der Waals surface area contributed by atoms with Crippen molar-refractivity contribution < 1.29 is 9.47 Å². The summed E-state index contributed by atoms with van der Waals surface area (Å²) >= 11 is 0. The monoisotopic (exact) mass is 128 g/mol. The summed E-state index contributed by atoms with van der Waals surface area (Å²) in [6, 6.07) is 0. The second-order valence-corrected chi connectivity index (χ2v) is 2.13. The number of rotatable bonds is 2. The topological polar surface area (TPSA) is 18.5 Å². The Hall–Kier alpha value is -0.660. The van der Waals surface area contributed by atoms with Crippen LogP contribution in [-0.2, 0) is 9.47 Å². The van der Waals surface area contributed by atoms with E-state index in [1.54, 1.807) is 12.5 Å². The smallest absolute Gasteiger partial charge is 0.249 e. The predicted molar refractivity (Wildman–Crippen MR) is 34.6 cm³/mol. The second-order valence-electron chi connectivity index (χ2n) is 2.13. The first-order valence-electron chi connectivity index (χ1n) is 3.33. The minimum atomic E-state index is -0.333. The molecule has 0 aromatic rings. The number of hydrogen-bond donors (Lipinski definition) is 0. The summed E-state index contributed by atoms with van der Waals surface area (Å²) in [6.45, 7) is 4.10. The summed E-state index contributed by atoms with van der Waals surface area (Å²) in [6.07, 6.45) is 5.01. The molecule has 0 radical (unpaired) electrons. The molecule has 0 saturated carbocycles. The summed E-state index contributed by atoms with van der Waals surface area (Å²) in [7, 11) is 0. The van der Waals surface area contributed by atoms with E-state index in [-0.39, 0.29) is 5.79 Å². The molecule has 1 aliphatic heterocycles. The maximum atomic E-state index is 5.24. The van der Waals surface area contributed by atoms with E-state index in [4.69, 9.17) is 9.47 Å². The predicted octanol–water partition coefficient (Wildman–Crippen LogP) is 2.02. The van der Waals surface area contributed by atoms with Crippen LogP contribution in [0.25, 0.3) is 0 Å². The summed E-state index contributed by atoms with van der Waals surface area (Å²) in [5.74, 6) is -0.333. The first-order valence-corrected chi connectivity index (χ1v) is 3.33. The molecular weight excluding hydrogens is 116 g/mol. The standard InChI is InChI=1S/C7H12O2/c1-3-7(4-2)8-5-6-9-7/h5-6H,3-4H2,1-2H3. The van der Waals surface area contributed by atoms with Crippen molar-refractivity contribution in [1.29, 1.82) is 0 Å². The first kappa shape index (κ1) is 6.46. The Kier molecular flexibility index (Phi) is 1.65. The van der Waals surface area contributed by atoms with E-state index in [1.807, 2.05) is 0 Å². The van der Waals surface area contributed by atoms with Crippen LogP contribution in [-0.4, -0.2) is 5.79 Å². The van der Waals surface area contributed by atoms with Gasteiger partial charge < -0.3 is 9.47 Å². The minimum Gasteiger partial charge on any atom is -0.457 e. The summed E-state index contributed by atoms with van der Waals surface area (Å²) in [5, 5.41) is 0. The molecule has 9 heavy (non-hydrogen) atoms. The average Bonchev–Trinajstić information content (AvgIpc) is 2.36. The largest absolute Gasteiger partial charge is 0.457 e. The van der Waals surface area contributed by atoms with Gasteiger partial charge in [0, 0.05) is 12.8 Å². The molecule has 0 bridgehead atoms. The van der Waals surface area contributed by atoms with E-state index in [9.17, 15) is 0 Å². The van der Waals surface area contributed by atoms with Gasteiger partial charge in [0.25, 0.3) is 0 Å². The Bertz CT molecular complexity index is 104. The molecular formula is C7H12O2. The van der Waals surface area contributed by atoms with Crippen LogP contribution in [0.5, 0.6) is 0 Å². The number of hydrogen-bond acceptors (Lipinski definition) is 2. The van der Waals surface area contributed by atoms with E-state index in [2.05, 4.69) is 13.8 Å². The Morgan fingerprint density at radius 2 is 1.56 bits per heavy atom. The van der Waals surface area contributed by atoms with Crippen LogP contribution in [0.4, 0.5) is 0 Å². The lowest BCUT2D eigenvalue weighted by Gasteiger charge is -2.24. The van der Waals surface area contributed by atoms with Crippen molar-refractivity contribution in [3.05, 3.63) is 12.5 Å². The molecule has 0 atom stereocenters. The maximum absolute atomic E-state index is 5.24. The van der Waals surface area contributed by atoms with Gasteiger partial charge in [-0.2, -0.15) is 0 Å². The summed E-state index contributed by atoms with van der Waals surface area (Å²) in [4.78, 5) is 0. The summed E-state index contributed by atoms with van der Waals surface area (Å²) < 4.78 is 10.5. The Labute approximate surface area is 55.5 Å². The van der Waals surface area contributed by atoms with Crippen LogP contribution in [0.15, 0.2) is 12.5 Å². The lowest BCUT2D eigenvalue weighted by atomic mass is 10.1. The van der Waals surface area contributed by atoms with Crippen LogP contribution in [0.3, 0.4) is 0 Å². The van der Waals surface area contributed by atoms with Crippen molar-refractivity contribution in [2.45, 2.75) is 32.5 Å². The van der Waals surface area contributed by atoms with E-state index < -0.39 is 0 Å². The fourth-order valence-electron chi connectivity index (χ4n) is 0.915. The van der Waals surface area contributed by atoms with Crippen LogP contribution in [0.2, 0.25) is 0 Å². The molecule has 1 rings (SSSR count). The highest BCUT2D eigenvalue weighted by Gasteiger charge is 2.30. The van der Waals surface area contributed by atoms with Crippen LogP contribution >= 0.6 is 0 Å². The average molecular weight is 128 g/mol. The van der Waals surface area contributed by atoms with Crippen molar-refractivity contribution in [3.8, 4) is 0 Å². The van der Waals surface area contributed by atoms with E-state index in [1.165, 1.54) is 0 Å². The van der Waals surface area contributed by atoms with Crippen LogP contribution in [0, 0.1) is 0 Å². The molecule has 0 saturated heterocycles. The Morgan fingerprint density at radius 1 is 1.11 bits per heavy atom. The lowest BCUT2D eigenvalue weighted by Crippen LogP contribution is -2.27.